The van der Waals surface area contributed by atoms with Gasteiger partial charge in [0, 0.05) is 18.2 Å². The first-order chi connectivity index (χ1) is 12.5. The number of hydrogen-bond donors (Lipinski definition) is 2. The molecule has 0 saturated heterocycles. The Hall–Kier alpha value is -3.48. The second-order valence-electron chi connectivity index (χ2n) is 5.76. The van der Waals surface area contributed by atoms with Crippen molar-refractivity contribution in [1.29, 1.82) is 0 Å². The number of rotatable bonds is 4. The predicted molar refractivity (Wildman–Crippen MR) is 96.1 cm³/mol. The highest BCUT2D eigenvalue weighted by molar-refractivity contribution is 6.39. The molecule has 0 aliphatic carbocycles. The summed E-state index contributed by atoms with van der Waals surface area (Å²) in [7, 11) is 0. The minimum Gasteiger partial charge on any atom is -0.421 e. The van der Waals surface area contributed by atoms with E-state index in [-0.39, 0.29) is 6.04 Å². The molecular formula is C19H18N4O3. The van der Waals surface area contributed by atoms with Crippen molar-refractivity contribution in [2.45, 2.75) is 19.9 Å². The summed E-state index contributed by atoms with van der Waals surface area (Å²) < 4.78 is 5.34. The van der Waals surface area contributed by atoms with Crippen molar-refractivity contribution in [3.8, 4) is 11.5 Å². The second-order valence-corrected chi connectivity index (χ2v) is 5.76. The van der Waals surface area contributed by atoms with Crippen LogP contribution in [0.1, 0.15) is 24.4 Å². The number of nitrogens with one attached hydrogen (secondary N) is 2. The smallest absolute Gasteiger partial charge is 0.313 e. The maximum atomic E-state index is 12.1. The van der Waals surface area contributed by atoms with Gasteiger partial charge in [-0.15, -0.1) is 10.2 Å². The van der Waals surface area contributed by atoms with E-state index in [4.69, 9.17) is 4.42 Å². The summed E-state index contributed by atoms with van der Waals surface area (Å²) in [5.74, 6) is -0.552. The number of nitrogens with zero attached hydrogens (tertiary/aromatic N) is 2. The molecule has 0 fully saturated rings. The molecule has 7 nitrogen and oxygen atoms in total. The molecular weight excluding hydrogens is 332 g/mol. The van der Waals surface area contributed by atoms with E-state index in [1.165, 1.54) is 0 Å². The maximum absolute atomic E-state index is 12.1. The molecule has 0 unspecified atom stereocenters. The number of anilines is 1. The zero-order valence-electron chi connectivity index (χ0n) is 14.4. The fourth-order valence-corrected chi connectivity index (χ4v) is 2.38. The summed E-state index contributed by atoms with van der Waals surface area (Å²) >= 11 is 0. The van der Waals surface area contributed by atoms with E-state index in [0.717, 1.165) is 11.1 Å². The second kappa shape index (κ2) is 7.60. The molecule has 0 radical (unpaired) electrons. The highest BCUT2D eigenvalue weighted by Gasteiger charge is 2.17. The molecule has 2 aromatic carbocycles. The van der Waals surface area contributed by atoms with Crippen LogP contribution in [0.2, 0.25) is 0 Å². The van der Waals surface area contributed by atoms with Gasteiger partial charge in [0.1, 0.15) is 0 Å². The van der Waals surface area contributed by atoms with Crippen LogP contribution in [0.15, 0.2) is 59.0 Å². The average molecular weight is 350 g/mol. The highest BCUT2D eigenvalue weighted by Crippen LogP contribution is 2.20. The molecule has 0 spiro atoms. The summed E-state index contributed by atoms with van der Waals surface area (Å²) in [5, 5.41) is 12.9. The Morgan fingerprint density at radius 3 is 2.27 bits per heavy atom. The Bertz CT molecular complexity index is 904. The van der Waals surface area contributed by atoms with Gasteiger partial charge in [0.2, 0.25) is 11.8 Å². The summed E-state index contributed by atoms with van der Waals surface area (Å²) in [4.78, 5) is 24.1. The van der Waals surface area contributed by atoms with Gasteiger partial charge in [0.05, 0.1) is 6.04 Å². The first-order valence-corrected chi connectivity index (χ1v) is 8.10. The van der Waals surface area contributed by atoms with E-state index in [9.17, 15) is 9.59 Å². The number of carbonyl (C=O) groups excluding carboxylic acids is 2. The Morgan fingerprint density at radius 1 is 0.962 bits per heavy atom. The first-order valence-electron chi connectivity index (χ1n) is 8.10. The zero-order valence-corrected chi connectivity index (χ0v) is 14.4. The van der Waals surface area contributed by atoms with Gasteiger partial charge in [-0.3, -0.25) is 9.59 Å². The minimum atomic E-state index is -0.728. The fourth-order valence-electron chi connectivity index (χ4n) is 2.38. The third kappa shape index (κ3) is 4.13. The van der Waals surface area contributed by atoms with Crippen LogP contribution < -0.4 is 10.6 Å². The largest absolute Gasteiger partial charge is 0.421 e. The summed E-state index contributed by atoms with van der Waals surface area (Å²) in [5.41, 5.74) is 2.15. The standard InChI is InChI=1S/C19H18N4O3/c1-12(14-6-4-3-5-7-14)20-17(24)18(25)21-16-10-8-15(9-11-16)19-23-22-13(2)26-19/h3-12H,1-2H3,(H,20,24)(H,21,25)/t12-/m0/s1. The molecule has 0 saturated carbocycles. The lowest BCUT2D eigenvalue weighted by Gasteiger charge is -2.14. The van der Waals surface area contributed by atoms with Crippen LogP contribution in [0.5, 0.6) is 0 Å². The quantitative estimate of drug-likeness (QED) is 0.705. The van der Waals surface area contributed by atoms with Crippen LogP contribution in [0, 0.1) is 6.92 Å². The lowest BCUT2D eigenvalue weighted by molar-refractivity contribution is -0.136. The normalized spacial score (nSPS) is 11.6. The molecule has 0 bridgehead atoms. The first kappa shape index (κ1) is 17.3. The van der Waals surface area contributed by atoms with Crippen LogP contribution in [0.25, 0.3) is 11.5 Å². The third-order valence-electron chi connectivity index (χ3n) is 3.77. The van der Waals surface area contributed by atoms with Crippen molar-refractivity contribution >= 4 is 17.5 Å². The van der Waals surface area contributed by atoms with Gasteiger partial charge in [-0.25, -0.2) is 0 Å². The van der Waals surface area contributed by atoms with Gasteiger partial charge in [0.15, 0.2) is 0 Å². The van der Waals surface area contributed by atoms with Crippen LogP contribution in [0.4, 0.5) is 5.69 Å². The van der Waals surface area contributed by atoms with E-state index < -0.39 is 11.8 Å². The van der Waals surface area contributed by atoms with Gasteiger partial charge in [0.25, 0.3) is 0 Å². The molecule has 3 rings (SSSR count). The molecule has 1 atom stereocenters. The Balaban J connectivity index is 1.59. The third-order valence-corrected chi connectivity index (χ3v) is 3.77. The van der Waals surface area contributed by atoms with Crippen LogP contribution in [-0.4, -0.2) is 22.0 Å². The van der Waals surface area contributed by atoms with Crippen LogP contribution in [-0.2, 0) is 9.59 Å². The van der Waals surface area contributed by atoms with Gasteiger partial charge in [-0.1, -0.05) is 30.3 Å². The molecule has 3 aromatic rings. The summed E-state index contributed by atoms with van der Waals surface area (Å²) in [6.07, 6.45) is 0. The number of aryl methyl sites for hydroxylation is 1. The molecule has 1 heterocycles. The van der Waals surface area contributed by atoms with Crippen LogP contribution in [0.3, 0.4) is 0 Å². The summed E-state index contributed by atoms with van der Waals surface area (Å²) in [6.45, 7) is 3.53. The Labute approximate surface area is 150 Å². The fraction of sp³-hybridized carbons (Fsp3) is 0.158. The minimum absolute atomic E-state index is 0.266. The van der Waals surface area contributed by atoms with E-state index in [2.05, 4.69) is 20.8 Å². The number of hydrogen-bond acceptors (Lipinski definition) is 5. The lowest BCUT2D eigenvalue weighted by atomic mass is 10.1. The number of benzene rings is 2. The monoisotopic (exact) mass is 350 g/mol. The van der Waals surface area contributed by atoms with Gasteiger partial charge >= 0.3 is 11.8 Å². The predicted octanol–water partition coefficient (Wildman–Crippen LogP) is 2.86. The number of aromatic nitrogens is 2. The van der Waals surface area contributed by atoms with E-state index >= 15 is 0 Å². The zero-order chi connectivity index (χ0) is 18.5. The van der Waals surface area contributed by atoms with Gasteiger partial charge < -0.3 is 15.1 Å². The van der Waals surface area contributed by atoms with E-state index in [1.807, 2.05) is 37.3 Å². The molecule has 132 valence electrons. The van der Waals surface area contributed by atoms with Crippen molar-refractivity contribution in [2.24, 2.45) is 0 Å². The topological polar surface area (TPSA) is 97.1 Å². The summed E-state index contributed by atoms with van der Waals surface area (Å²) in [6, 6.07) is 16.0. The molecule has 0 aliphatic heterocycles. The SMILES string of the molecule is Cc1nnc(-c2ccc(NC(=O)C(=O)N[C@@H](C)c3ccccc3)cc2)o1. The van der Waals surface area contributed by atoms with Crippen molar-refractivity contribution in [2.75, 3.05) is 5.32 Å². The molecule has 0 aliphatic rings. The molecule has 2 N–H and O–H groups in total. The van der Waals surface area contributed by atoms with Crippen molar-refractivity contribution < 1.29 is 14.0 Å². The van der Waals surface area contributed by atoms with Crippen molar-refractivity contribution in [3.63, 3.8) is 0 Å². The van der Waals surface area contributed by atoms with Gasteiger partial charge in [-0.2, -0.15) is 0 Å². The number of amides is 2. The van der Waals surface area contributed by atoms with Crippen molar-refractivity contribution in [3.05, 3.63) is 66.1 Å². The van der Waals surface area contributed by atoms with Gasteiger partial charge in [-0.05, 0) is 36.8 Å². The number of carbonyl (C=O) groups is 2. The molecule has 7 heteroatoms. The maximum Gasteiger partial charge on any atom is 0.313 e. The van der Waals surface area contributed by atoms with Crippen LogP contribution >= 0.6 is 0 Å². The highest BCUT2D eigenvalue weighted by atomic mass is 16.4. The molecule has 2 amide bonds. The molecule has 26 heavy (non-hydrogen) atoms. The Morgan fingerprint density at radius 2 is 1.65 bits per heavy atom. The van der Waals surface area contributed by atoms with E-state index in [0.29, 0.717) is 17.5 Å². The van der Waals surface area contributed by atoms with Crippen molar-refractivity contribution in [1.82, 2.24) is 15.5 Å². The molecule has 1 aromatic heterocycles. The average Bonchev–Trinajstić information content (AvgIpc) is 3.09. The van der Waals surface area contributed by atoms with E-state index in [1.54, 1.807) is 31.2 Å². The lowest BCUT2D eigenvalue weighted by Crippen LogP contribution is -2.36. The Kier molecular flexibility index (Phi) is 5.07.